The third-order valence-electron chi connectivity index (χ3n) is 23.4. The number of thiazole rings is 4. The van der Waals surface area contributed by atoms with Crippen molar-refractivity contribution in [3.8, 4) is 51.4 Å². The van der Waals surface area contributed by atoms with Gasteiger partial charge in [-0.05, 0) is 136 Å². The van der Waals surface area contributed by atoms with Crippen molar-refractivity contribution in [2.24, 2.45) is 28.2 Å². The first kappa shape index (κ1) is 98.0. The maximum absolute atomic E-state index is 13.4. The second kappa shape index (κ2) is 43.0. The van der Waals surface area contributed by atoms with Gasteiger partial charge in [0, 0.05) is 222 Å². The molecule has 41 heteroatoms. The zero-order valence-electron chi connectivity index (χ0n) is 77.8. The molecule has 4 unspecified atom stereocenters. The van der Waals surface area contributed by atoms with Crippen molar-refractivity contribution in [1.29, 1.82) is 0 Å². The Kier molecular flexibility index (Phi) is 31.9. The van der Waals surface area contributed by atoms with Crippen molar-refractivity contribution < 1.29 is 36.9 Å². The lowest BCUT2D eigenvalue weighted by Gasteiger charge is -2.22. The topological polar surface area (TPSA) is 331 Å². The van der Waals surface area contributed by atoms with Crippen molar-refractivity contribution in [3.63, 3.8) is 0 Å². The van der Waals surface area contributed by atoms with Crippen LogP contribution in [0.15, 0.2) is 126 Å². The smallest absolute Gasteiger partial charge is 0.416 e. The third kappa shape index (κ3) is 22.0. The Morgan fingerprint density at radius 2 is 0.750 bits per heavy atom. The molecule has 0 bridgehead atoms. The molecule has 2 aromatic carbocycles. The summed E-state index contributed by atoms with van der Waals surface area (Å²) in [4.78, 5) is 112. The van der Waals surface area contributed by atoms with Crippen LogP contribution in [0.25, 0.3) is 45.6 Å². The number of rotatable bonds is 27. The van der Waals surface area contributed by atoms with E-state index in [9.17, 15) is 32.3 Å². The Balaban J connectivity index is 0.000000150. The summed E-state index contributed by atoms with van der Waals surface area (Å²) >= 11 is 12.5. The van der Waals surface area contributed by atoms with Crippen LogP contribution in [-0.2, 0) is 53.3 Å². The van der Waals surface area contributed by atoms with E-state index in [4.69, 9.17) is 50.2 Å². The first-order chi connectivity index (χ1) is 63.1. The lowest BCUT2D eigenvalue weighted by Crippen LogP contribution is -2.38. The van der Waals surface area contributed by atoms with Gasteiger partial charge >= 0.3 is 6.18 Å². The van der Waals surface area contributed by atoms with Crippen LogP contribution in [0.4, 0.5) is 68.0 Å². The lowest BCUT2D eigenvalue weighted by atomic mass is 10.1. The largest absolute Gasteiger partial charge is 0.481 e. The molecule has 0 saturated carbocycles. The Morgan fingerprint density at radius 1 is 0.417 bits per heavy atom. The molecule has 10 aromatic heterocycles. The quantitative estimate of drug-likeness (QED) is 0.0371. The number of ether oxygens (including phenoxy) is 5. The van der Waals surface area contributed by atoms with Gasteiger partial charge in [-0.15, -0.1) is 45.3 Å². The van der Waals surface area contributed by atoms with Crippen LogP contribution in [0.1, 0.15) is 72.9 Å². The van der Waals surface area contributed by atoms with Gasteiger partial charge in [0.1, 0.15) is 51.9 Å². The molecule has 0 radical (unpaired) electrons. The number of pyridine rings is 2. The fourth-order valence-electron chi connectivity index (χ4n) is 16.5. The highest BCUT2D eigenvalue weighted by Gasteiger charge is 2.41. The molecule has 704 valence electrons. The first-order valence-electron chi connectivity index (χ1n) is 43.3. The normalized spacial score (nSPS) is 18.2. The number of alkyl halides is 3. The van der Waals surface area contributed by atoms with E-state index in [-0.39, 0.29) is 87.2 Å². The van der Waals surface area contributed by atoms with Crippen LogP contribution in [0.3, 0.4) is 0 Å². The molecule has 4 aliphatic heterocycles. The number of halogens is 4. The molecule has 0 amide bonds. The molecule has 4 aliphatic rings. The highest BCUT2D eigenvalue weighted by molar-refractivity contribution is 7.14. The SMILES string of the molecule is CCO[C@H]1CN(c2nccs2)CC1Nc1c(C)nc(-c2ccc(C(F)(F)F)cc2Cl)n(C)c1=O.CCO[C@H]1CN(c2nccs2)CC1Nc1c(C)nc(-c2ccc(N(C)C)cc2C)n(C)c1=O.CCO[C@H]1CN(c2nccs2)CC1Nc1c(C)nc(-c2ccc(OC)nc2C)n(C)c1=O.CCO[C@H]1CN(c2nccs2)CC1Nc1c(C)nc(-c2cnc(N(C)C)cc2C)n(C)c1=O. The van der Waals surface area contributed by atoms with E-state index in [1.54, 1.807) is 114 Å². The predicted octanol–water partition coefficient (Wildman–Crippen LogP) is 13.2. The predicted molar refractivity (Wildman–Crippen MR) is 522 cm³/mol. The Hall–Kier alpha value is -11.5. The molecule has 0 spiro atoms. The summed E-state index contributed by atoms with van der Waals surface area (Å²) in [6.45, 7) is 29.0. The van der Waals surface area contributed by atoms with Crippen molar-refractivity contribution in [3.05, 3.63) is 199 Å². The average molecular weight is 1910 g/mol. The number of nitrogens with zero attached hydrogens (tertiary/aromatic N) is 20. The van der Waals surface area contributed by atoms with Gasteiger partial charge in [0.15, 0.2) is 20.5 Å². The first-order valence-corrected chi connectivity index (χ1v) is 47.2. The highest BCUT2D eigenvalue weighted by atomic mass is 35.5. The second-order valence-corrected chi connectivity index (χ2v) is 36.6. The number of anilines is 10. The molecular formula is C91H114ClF3N24O9S4. The van der Waals surface area contributed by atoms with E-state index in [1.807, 2.05) is 154 Å². The van der Waals surface area contributed by atoms with Gasteiger partial charge in [-0.3, -0.25) is 37.4 Å². The van der Waals surface area contributed by atoms with E-state index >= 15 is 0 Å². The fraction of sp³-hybridized carbons (Fsp3) is 0.451. The number of aryl methyl sites for hydroxylation is 7. The number of benzene rings is 2. The molecule has 4 N–H and O–H groups in total. The van der Waals surface area contributed by atoms with Gasteiger partial charge in [-0.2, -0.15) is 13.2 Å². The summed E-state index contributed by atoms with van der Waals surface area (Å²) in [6, 6.07) is 14.5. The number of nitrogens with one attached hydrogen (secondary N) is 4. The van der Waals surface area contributed by atoms with Crippen LogP contribution in [0.2, 0.25) is 5.02 Å². The van der Waals surface area contributed by atoms with Crippen molar-refractivity contribution in [2.45, 2.75) is 131 Å². The highest BCUT2D eigenvalue weighted by Crippen LogP contribution is 2.38. The van der Waals surface area contributed by atoms with Gasteiger partial charge < -0.3 is 74.4 Å². The summed E-state index contributed by atoms with van der Waals surface area (Å²) in [7, 11) is 16.3. The van der Waals surface area contributed by atoms with Crippen LogP contribution in [-0.4, -0.2) is 231 Å². The molecular weight excluding hydrogens is 1790 g/mol. The second-order valence-electron chi connectivity index (χ2n) is 32.7. The molecule has 16 rings (SSSR count). The van der Waals surface area contributed by atoms with E-state index in [1.165, 1.54) is 29.0 Å². The molecule has 12 aromatic rings. The van der Waals surface area contributed by atoms with Crippen LogP contribution >= 0.6 is 56.9 Å². The summed E-state index contributed by atoms with van der Waals surface area (Å²) in [5.74, 6) is 3.42. The Labute approximate surface area is 785 Å². The molecule has 4 fully saturated rings. The minimum atomic E-state index is -4.52. The zero-order valence-corrected chi connectivity index (χ0v) is 81.8. The minimum absolute atomic E-state index is 0.0333. The van der Waals surface area contributed by atoms with Crippen molar-refractivity contribution in [2.75, 3.05) is 165 Å². The van der Waals surface area contributed by atoms with Gasteiger partial charge in [-0.1, -0.05) is 11.6 Å². The monoisotopic (exact) mass is 1910 g/mol. The van der Waals surface area contributed by atoms with Crippen LogP contribution in [0, 0.1) is 48.5 Å². The maximum Gasteiger partial charge on any atom is 0.416 e. The molecule has 8 atom stereocenters. The number of methoxy groups -OCH3 is 1. The number of hydrogen-bond donors (Lipinski definition) is 4. The van der Waals surface area contributed by atoms with Crippen molar-refractivity contribution >= 4 is 112 Å². The van der Waals surface area contributed by atoms with Gasteiger partial charge in [0.2, 0.25) is 5.88 Å². The molecule has 4 saturated heterocycles. The fourth-order valence-corrected chi connectivity index (χ4v) is 19.4. The number of hydrogen-bond acceptors (Lipinski definition) is 33. The Morgan fingerprint density at radius 3 is 1.05 bits per heavy atom. The summed E-state index contributed by atoms with van der Waals surface area (Å²) in [6.07, 6.45) is 4.12. The van der Waals surface area contributed by atoms with E-state index < -0.39 is 11.7 Å². The summed E-state index contributed by atoms with van der Waals surface area (Å²) in [5.41, 5.74) is 9.47. The summed E-state index contributed by atoms with van der Waals surface area (Å²) < 4.78 is 74.2. The van der Waals surface area contributed by atoms with Gasteiger partial charge in [0.25, 0.3) is 22.2 Å². The molecule has 14 heterocycles. The average Bonchev–Trinajstić information content (AvgIpc) is 1.56. The van der Waals surface area contributed by atoms with Gasteiger partial charge in [0.05, 0.1) is 94.7 Å². The van der Waals surface area contributed by atoms with Gasteiger partial charge in [-0.25, -0.2) is 49.8 Å². The third-order valence-corrected chi connectivity index (χ3v) is 27.0. The minimum Gasteiger partial charge on any atom is -0.481 e. The maximum atomic E-state index is 13.4. The van der Waals surface area contributed by atoms with E-state index in [2.05, 4.69) is 86.7 Å². The number of aromatic nitrogens is 14. The summed E-state index contributed by atoms with van der Waals surface area (Å²) in [5, 5.41) is 25.1. The van der Waals surface area contributed by atoms with Crippen LogP contribution in [0.5, 0.6) is 5.88 Å². The van der Waals surface area contributed by atoms with E-state index in [0.29, 0.717) is 128 Å². The standard InChI is InChI=1S/C24H32N6O2S.C23H31N7O2S.C22H23ClF3N5O2S.C22H28N6O3S/c1-7-32-20-14-30(24-25-10-11-33-24)13-19(20)27-21-16(3)26-22(29(6)23(21)31)18-9-8-17(28(4)5)12-15(18)2;1-7-32-18-13-30(23-24-8-9-33-23)12-17(18)27-20-15(3)26-21(29(6)22(20)31)16-11-25-19(28(4)5)10-14(16)2;1-4-33-17-11-31(21-27-7-8-34-21)10-16(17)29-18-12(2)28-19(30(3)20(18)32)14-6-5-13(9-15(14)23)22(24,25)26;1-6-31-17-12-28(22-23-9-10-32-22)11-16(17)26-19-14(3)25-20(27(4)21(19)29)15-7-8-18(30-5)24-13(15)2/h8-12,19-20,27H,7,13-14H2,1-6H3;8-11,17-18,27H,7,12-13H2,1-6H3;5-9,16-17,29H,4,10-11H2,1-3H3;7-10,16-17,26H,6,11-12H2,1-5H3/t19?,20-;17?,18-;2*16?,17-/m0000/s1. The molecule has 33 nitrogen and oxygen atoms in total. The van der Waals surface area contributed by atoms with E-state index in [0.717, 1.165) is 97.3 Å². The van der Waals surface area contributed by atoms with Crippen LogP contribution < -0.4 is 77.6 Å². The lowest BCUT2D eigenvalue weighted by molar-refractivity contribution is -0.137. The molecule has 0 aliphatic carbocycles. The molecule has 132 heavy (non-hydrogen) atoms. The zero-order chi connectivity index (χ0) is 94.8. The Bertz CT molecular complexity index is 6040. The van der Waals surface area contributed by atoms with Crippen molar-refractivity contribution in [1.82, 2.24) is 68.1 Å².